The van der Waals surface area contributed by atoms with Crippen LogP contribution < -0.4 is 10.1 Å². The third-order valence-corrected chi connectivity index (χ3v) is 3.97. The normalized spacial score (nSPS) is 24.9. The lowest BCUT2D eigenvalue weighted by molar-refractivity contribution is 0.183. The molecule has 1 fully saturated rings. The van der Waals surface area contributed by atoms with Crippen LogP contribution in [0.15, 0.2) is 36.7 Å². The number of nitrogens with one attached hydrogen (secondary N) is 1. The van der Waals surface area contributed by atoms with Gasteiger partial charge in [-0.1, -0.05) is 12.2 Å². The molecule has 1 aromatic heterocycles. The van der Waals surface area contributed by atoms with Crippen LogP contribution in [0, 0.1) is 0 Å². The second kappa shape index (κ2) is 6.61. The van der Waals surface area contributed by atoms with Gasteiger partial charge in [0.2, 0.25) is 0 Å². The summed E-state index contributed by atoms with van der Waals surface area (Å²) in [5.74, 6) is 0.766. The Labute approximate surface area is 125 Å². The smallest absolute Gasteiger partial charge is 0.317 e. The number of carbonyl (C=O) groups excluding carboxylic acids is 1. The molecule has 2 heterocycles. The number of urea groups is 1. The average Bonchev–Trinajstić information content (AvgIpc) is 2.98. The molecule has 0 spiro atoms. The number of amides is 2. The monoisotopic (exact) mass is 287 g/mol. The SMILES string of the molecule is O=C(NC1CC=CCC1)N1CCC(Oc2cccnc2)C1. The van der Waals surface area contributed by atoms with Gasteiger partial charge in [-0.15, -0.1) is 0 Å². The maximum Gasteiger partial charge on any atom is 0.317 e. The molecule has 5 nitrogen and oxygen atoms in total. The zero-order chi connectivity index (χ0) is 14.5. The number of hydrogen-bond acceptors (Lipinski definition) is 3. The van der Waals surface area contributed by atoms with Crippen molar-refractivity contribution >= 4 is 6.03 Å². The van der Waals surface area contributed by atoms with Gasteiger partial charge in [-0.3, -0.25) is 4.98 Å². The number of allylic oxidation sites excluding steroid dienone is 1. The Morgan fingerprint density at radius 3 is 3.10 bits per heavy atom. The molecule has 2 unspecified atom stereocenters. The van der Waals surface area contributed by atoms with E-state index >= 15 is 0 Å². The van der Waals surface area contributed by atoms with Gasteiger partial charge in [0, 0.05) is 25.2 Å². The summed E-state index contributed by atoms with van der Waals surface area (Å²) >= 11 is 0. The minimum atomic E-state index is 0.0348. The molecule has 112 valence electrons. The first-order valence-electron chi connectivity index (χ1n) is 7.58. The van der Waals surface area contributed by atoms with Gasteiger partial charge in [0.15, 0.2) is 0 Å². The van der Waals surface area contributed by atoms with E-state index < -0.39 is 0 Å². The number of ether oxygens (including phenoxy) is 1. The summed E-state index contributed by atoms with van der Waals surface area (Å²) in [5, 5.41) is 3.11. The van der Waals surface area contributed by atoms with Gasteiger partial charge in [0.1, 0.15) is 11.9 Å². The Kier molecular flexibility index (Phi) is 4.38. The van der Waals surface area contributed by atoms with Crippen LogP contribution in [0.4, 0.5) is 4.79 Å². The van der Waals surface area contributed by atoms with Crippen molar-refractivity contribution in [3.05, 3.63) is 36.7 Å². The fourth-order valence-corrected chi connectivity index (χ4v) is 2.81. The molecule has 3 rings (SSSR count). The number of nitrogens with zero attached hydrogens (tertiary/aromatic N) is 2. The van der Waals surface area contributed by atoms with E-state index in [2.05, 4.69) is 22.5 Å². The Hall–Kier alpha value is -2.04. The number of pyridine rings is 1. The third-order valence-electron chi connectivity index (χ3n) is 3.97. The summed E-state index contributed by atoms with van der Waals surface area (Å²) in [4.78, 5) is 18.1. The highest BCUT2D eigenvalue weighted by molar-refractivity contribution is 5.75. The first-order valence-corrected chi connectivity index (χ1v) is 7.58. The van der Waals surface area contributed by atoms with Crippen molar-refractivity contribution in [3.63, 3.8) is 0 Å². The van der Waals surface area contributed by atoms with Crippen molar-refractivity contribution in [2.24, 2.45) is 0 Å². The van der Waals surface area contributed by atoms with E-state index in [1.807, 2.05) is 17.0 Å². The van der Waals surface area contributed by atoms with Crippen molar-refractivity contribution in [2.75, 3.05) is 13.1 Å². The average molecular weight is 287 g/mol. The fourth-order valence-electron chi connectivity index (χ4n) is 2.81. The molecule has 21 heavy (non-hydrogen) atoms. The van der Waals surface area contributed by atoms with E-state index in [0.717, 1.165) is 38.0 Å². The molecule has 1 aliphatic heterocycles. The zero-order valence-electron chi connectivity index (χ0n) is 12.1. The van der Waals surface area contributed by atoms with E-state index in [1.165, 1.54) is 0 Å². The van der Waals surface area contributed by atoms with E-state index in [9.17, 15) is 4.79 Å². The summed E-state index contributed by atoms with van der Waals surface area (Å²) in [5.41, 5.74) is 0. The fraction of sp³-hybridized carbons (Fsp3) is 0.500. The van der Waals surface area contributed by atoms with Crippen molar-refractivity contribution in [1.82, 2.24) is 15.2 Å². The van der Waals surface area contributed by atoms with Gasteiger partial charge in [-0.2, -0.15) is 0 Å². The van der Waals surface area contributed by atoms with Crippen LogP contribution in [0.5, 0.6) is 5.75 Å². The Morgan fingerprint density at radius 2 is 2.33 bits per heavy atom. The molecule has 5 heteroatoms. The number of likely N-dealkylation sites (tertiary alicyclic amines) is 1. The molecule has 1 aromatic rings. The number of carbonyl (C=O) groups is 1. The van der Waals surface area contributed by atoms with Gasteiger partial charge in [0.25, 0.3) is 0 Å². The zero-order valence-corrected chi connectivity index (χ0v) is 12.1. The van der Waals surface area contributed by atoms with Gasteiger partial charge >= 0.3 is 6.03 Å². The molecular weight excluding hydrogens is 266 g/mol. The predicted octanol–water partition coefficient (Wildman–Crippen LogP) is 2.35. The number of rotatable bonds is 3. The van der Waals surface area contributed by atoms with Crippen LogP contribution in [0.1, 0.15) is 25.7 Å². The van der Waals surface area contributed by atoms with Crippen LogP contribution in [0.2, 0.25) is 0 Å². The lowest BCUT2D eigenvalue weighted by Crippen LogP contribution is -2.44. The molecule has 1 aliphatic carbocycles. The van der Waals surface area contributed by atoms with E-state index in [1.54, 1.807) is 12.4 Å². The second-order valence-electron chi connectivity index (χ2n) is 5.59. The van der Waals surface area contributed by atoms with Crippen LogP contribution in [-0.2, 0) is 0 Å². The third kappa shape index (κ3) is 3.74. The summed E-state index contributed by atoms with van der Waals surface area (Å²) in [6.45, 7) is 1.39. The lowest BCUT2D eigenvalue weighted by Gasteiger charge is -2.24. The first-order chi connectivity index (χ1) is 10.3. The Bertz CT molecular complexity index is 504. The standard InChI is InChI=1S/C16H21N3O2/c20-16(18-13-5-2-1-3-6-13)19-10-8-15(12-19)21-14-7-4-9-17-11-14/h1-2,4,7,9,11,13,15H,3,5-6,8,10,12H2,(H,18,20). The van der Waals surface area contributed by atoms with Crippen molar-refractivity contribution in [2.45, 2.75) is 37.8 Å². The highest BCUT2D eigenvalue weighted by Crippen LogP contribution is 2.18. The molecule has 2 atom stereocenters. The molecule has 2 amide bonds. The molecule has 1 saturated heterocycles. The minimum absolute atomic E-state index is 0.0348. The molecule has 0 bridgehead atoms. The highest BCUT2D eigenvalue weighted by Gasteiger charge is 2.28. The summed E-state index contributed by atoms with van der Waals surface area (Å²) in [7, 11) is 0. The highest BCUT2D eigenvalue weighted by atomic mass is 16.5. The van der Waals surface area contributed by atoms with Crippen LogP contribution in [0.3, 0.4) is 0 Å². The number of aromatic nitrogens is 1. The maximum absolute atomic E-state index is 12.2. The number of hydrogen-bond donors (Lipinski definition) is 1. The molecular formula is C16H21N3O2. The van der Waals surface area contributed by atoms with E-state index in [4.69, 9.17) is 4.74 Å². The first kappa shape index (κ1) is 13.9. The van der Waals surface area contributed by atoms with Gasteiger partial charge in [-0.25, -0.2) is 4.79 Å². The van der Waals surface area contributed by atoms with Crippen LogP contribution >= 0.6 is 0 Å². The van der Waals surface area contributed by atoms with Crippen molar-refractivity contribution in [1.29, 1.82) is 0 Å². The summed E-state index contributed by atoms with van der Waals surface area (Å²) in [6, 6.07) is 4.06. The predicted molar refractivity (Wildman–Crippen MR) is 80.2 cm³/mol. The van der Waals surface area contributed by atoms with E-state index in [-0.39, 0.29) is 18.2 Å². The maximum atomic E-state index is 12.2. The molecule has 2 aliphatic rings. The van der Waals surface area contributed by atoms with Crippen LogP contribution in [0.25, 0.3) is 0 Å². The van der Waals surface area contributed by atoms with Crippen molar-refractivity contribution in [3.8, 4) is 5.75 Å². The quantitative estimate of drug-likeness (QED) is 0.868. The Balaban J connectivity index is 1.47. The summed E-state index contributed by atoms with van der Waals surface area (Å²) in [6.07, 6.45) is 11.7. The van der Waals surface area contributed by atoms with Gasteiger partial charge in [0.05, 0.1) is 12.7 Å². The molecule has 1 N–H and O–H groups in total. The Morgan fingerprint density at radius 1 is 1.38 bits per heavy atom. The van der Waals surface area contributed by atoms with Gasteiger partial charge in [-0.05, 0) is 31.4 Å². The van der Waals surface area contributed by atoms with Crippen molar-refractivity contribution < 1.29 is 9.53 Å². The summed E-state index contributed by atoms with van der Waals surface area (Å²) < 4.78 is 5.85. The molecule has 0 radical (unpaired) electrons. The molecule has 0 aromatic carbocycles. The second-order valence-corrected chi connectivity index (χ2v) is 5.59. The largest absolute Gasteiger partial charge is 0.487 e. The van der Waals surface area contributed by atoms with Crippen LogP contribution in [-0.4, -0.2) is 41.2 Å². The van der Waals surface area contributed by atoms with E-state index in [0.29, 0.717) is 6.54 Å². The van der Waals surface area contributed by atoms with Gasteiger partial charge < -0.3 is 15.0 Å². The topological polar surface area (TPSA) is 54.5 Å². The molecule has 0 saturated carbocycles. The minimum Gasteiger partial charge on any atom is -0.487 e. The lowest BCUT2D eigenvalue weighted by atomic mass is 10.0.